The summed E-state index contributed by atoms with van der Waals surface area (Å²) >= 11 is 3.18. The van der Waals surface area contributed by atoms with Crippen LogP contribution in [0.5, 0.6) is 0 Å². The Morgan fingerprint density at radius 2 is 2.09 bits per heavy atom. The maximum Gasteiger partial charge on any atom is 0.255 e. The molecule has 11 heavy (non-hydrogen) atoms. The lowest BCUT2D eigenvalue weighted by molar-refractivity contribution is -0.737. The molecule has 1 aromatic heterocycles. The predicted octanol–water partition coefficient (Wildman–Crippen LogP) is 0.745. The molecule has 0 aliphatic carbocycles. The lowest BCUT2D eigenvalue weighted by Crippen LogP contribution is -2.33. The standard InChI is InChI=1S/C6H10N3S2/c1-9-4-5(10-2)7-6(8-9)11-3/h4H,1-3H3/q+1. The van der Waals surface area contributed by atoms with Crippen LogP contribution in [0, 0.1) is 0 Å². The Morgan fingerprint density at radius 1 is 1.36 bits per heavy atom. The van der Waals surface area contributed by atoms with Gasteiger partial charge in [-0.05, 0) is 12.5 Å². The lowest BCUT2D eigenvalue weighted by atomic mass is 10.8. The van der Waals surface area contributed by atoms with Crippen LogP contribution in [-0.4, -0.2) is 22.6 Å². The van der Waals surface area contributed by atoms with Crippen LogP contribution in [-0.2, 0) is 7.05 Å². The molecule has 3 nitrogen and oxygen atoms in total. The Balaban J connectivity index is 3.02. The topological polar surface area (TPSA) is 29.7 Å². The molecule has 0 saturated carbocycles. The summed E-state index contributed by atoms with van der Waals surface area (Å²) in [5, 5.41) is 5.98. The van der Waals surface area contributed by atoms with Crippen molar-refractivity contribution in [1.82, 2.24) is 10.1 Å². The highest BCUT2D eigenvalue weighted by atomic mass is 32.2. The smallest absolute Gasteiger partial charge is 0.205 e. The largest absolute Gasteiger partial charge is 0.255 e. The number of thioether (sulfide) groups is 2. The molecule has 0 aliphatic rings. The predicted molar refractivity (Wildman–Crippen MR) is 46.8 cm³/mol. The van der Waals surface area contributed by atoms with Gasteiger partial charge in [0.25, 0.3) is 5.16 Å². The van der Waals surface area contributed by atoms with Gasteiger partial charge in [0.2, 0.25) is 6.20 Å². The van der Waals surface area contributed by atoms with Crippen LogP contribution in [0.25, 0.3) is 0 Å². The van der Waals surface area contributed by atoms with Gasteiger partial charge in [0.1, 0.15) is 0 Å². The van der Waals surface area contributed by atoms with Crippen molar-refractivity contribution in [2.45, 2.75) is 10.2 Å². The van der Waals surface area contributed by atoms with E-state index in [4.69, 9.17) is 0 Å². The number of nitrogens with zero attached hydrogens (tertiary/aromatic N) is 3. The van der Waals surface area contributed by atoms with Crippen LogP contribution < -0.4 is 4.68 Å². The summed E-state index contributed by atoms with van der Waals surface area (Å²) in [4.78, 5) is 4.26. The molecule has 0 radical (unpaired) electrons. The molecule has 0 N–H and O–H groups in total. The van der Waals surface area contributed by atoms with Crippen molar-refractivity contribution in [2.24, 2.45) is 7.05 Å². The minimum absolute atomic E-state index is 0.819. The number of hydrogen-bond acceptors (Lipinski definition) is 4. The maximum absolute atomic E-state index is 4.26. The quantitative estimate of drug-likeness (QED) is 0.506. The van der Waals surface area contributed by atoms with Crippen LogP contribution >= 0.6 is 23.5 Å². The summed E-state index contributed by atoms with van der Waals surface area (Å²) in [7, 11) is 1.90. The van der Waals surface area contributed by atoms with Crippen LogP contribution in [0.3, 0.4) is 0 Å². The van der Waals surface area contributed by atoms with E-state index in [1.54, 1.807) is 28.2 Å². The van der Waals surface area contributed by atoms with Gasteiger partial charge in [0.05, 0.1) is 0 Å². The summed E-state index contributed by atoms with van der Waals surface area (Å²) in [6, 6.07) is 0. The molecule has 1 rings (SSSR count). The molecule has 0 aliphatic heterocycles. The molecule has 0 saturated heterocycles. The van der Waals surface area contributed by atoms with Gasteiger partial charge in [-0.15, -0.1) is 11.8 Å². The molecule has 0 fully saturated rings. The molecule has 0 amide bonds. The highest BCUT2D eigenvalue weighted by Crippen LogP contribution is 2.11. The molecular formula is C6H10N3S2+. The van der Waals surface area contributed by atoms with Crippen LogP contribution in [0.2, 0.25) is 0 Å². The third-order valence-corrected chi connectivity index (χ3v) is 2.29. The average Bonchev–Trinajstić information content (AvgIpc) is 2.03. The van der Waals surface area contributed by atoms with Gasteiger partial charge in [0, 0.05) is 5.10 Å². The van der Waals surface area contributed by atoms with Gasteiger partial charge in [-0.1, -0.05) is 16.4 Å². The fourth-order valence-electron chi connectivity index (χ4n) is 0.654. The number of aromatic nitrogens is 3. The molecule has 0 unspecified atom stereocenters. The van der Waals surface area contributed by atoms with E-state index in [1.807, 2.05) is 25.8 Å². The van der Waals surface area contributed by atoms with Gasteiger partial charge >= 0.3 is 0 Å². The van der Waals surface area contributed by atoms with Crippen molar-refractivity contribution in [2.75, 3.05) is 12.5 Å². The molecule has 5 heteroatoms. The first kappa shape index (κ1) is 8.80. The Hall–Kier alpha value is -0.290. The normalized spacial score (nSPS) is 10.1. The van der Waals surface area contributed by atoms with Gasteiger partial charge < -0.3 is 0 Å². The summed E-state index contributed by atoms with van der Waals surface area (Å²) < 4.78 is 1.78. The van der Waals surface area contributed by atoms with Gasteiger partial charge in [-0.3, -0.25) is 0 Å². The maximum atomic E-state index is 4.26. The molecule has 0 spiro atoms. The highest BCUT2D eigenvalue weighted by Gasteiger charge is 2.04. The van der Waals surface area contributed by atoms with Crippen LogP contribution in [0.4, 0.5) is 0 Å². The van der Waals surface area contributed by atoms with E-state index in [-0.39, 0.29) is 0 Å². The number of aryl methyl sites for hydroxylation is 1. The van der Waals surface area contributed by atoms with E-state index in [1.165, 1.54) is 0 Å². The minimum atomic E-state index is 0.819. The molecule has 0 bridgehead atoms. The zero-order chi connectivity index (χ0) is 8.27. The average molecular weight is 188 g/mol. The summed E-state index contributed by atoms with van der Waals surface area (Å²) in [5.74, 6) is 0. The first-order valence-corrected chi connectivity index (χ1v) is 5.54. The monoisotopic (exact) mass is 188 g/mol. The first-order chi connectivity index (χ1) is 5.26. The Labute approximate surface area is 74.6 Å². The number of rotatable bonds is 2. The third kappa shape index (κ3) is 2.34. The lowest BCUT2D eigenvalue weighted by Gasteiger charge is -1.93. The Kier molecular flexibility index (Phi) is 3.14. The molecule has 60 valence electrons. The second-order valence-electron chi connectivity index (χ2n) is 1.94. The first-order valence-electron chi connectivity index (χ1n) is 3.09. The van der Waals surface area contributed by atoms with Crippen molar-refractivity contribution in [3.05, 3.63) is 6.20 Å². The molecule has 0 atom stereocenters. The Morgan fingerprint density at radius 3 is 2.64 bits per heavy atom. The minimum Gasteiger partial charge on any atom is -0.205 e. The SMILES string of the molecule is CSc1c[n+](C)nc(SC)n1. The molecule has 1 aromatic rings. The zero-order valence-electron chi connectivity index (χ0n) is 6.74. The van der Waals surface area contributed by atoms with Crippen LogP contribution in [0.1, 0.15) is 0 Å². The van der Waals surface area contributed by atoms with E-state index in [0.29, 0.717) is 0 Å². The van der Waals surface area contributed by atoms with E-state index in [0.717, 1.165) is 10.2 Å². The third-order valence-electron chi connectivity index (χ3n) is 1.14. The Bertz CT molecular complexity index is 229. The van der Waals surface area contributed by atoms with Crippen molar-refractivity contribution in [3.63, 3.8) is 0 Å². The van der Waals surface area contributed by atoms with E-state index in [9.17, 15) is 0 Å². The van der Waals surface area contributed by atoms with E-state index >= 15 is 0 Å². The zero-order valence-corrected chi connectivity index (χ0v) is 8.37. The van der Waals surface area contributed by atoms with E-state index < -0.39 is 0 Å². The van der Waals surface area contributed by atoms with Crippen molar-refractivity contribution in [1.29, 1.82) is 0 Å². The fourth-order valence-corrected chi connectivity index (χ4v) is 1.55. The van der Waals surface area contributed by atoms with Crippen molar-refractivity contribution in [3.8, 4) is 0 Å². The van der Waals surface area contributed by atoms with Crippen molar-refractivity contribution < 1.29 is 4.68 Å². The fraction of sp³-hybridized carbons (Fsp3) is 0.500. The summed E-state index contributed by atoms with van der Waals surface area (Å²) in [6.07, 6.45) is 5.89. The molecule has 0 aromatic carbocycles. The summed E-state index contributed by atoms with van der Waals surface area (Å²) in [6.45, 7) is 0. The van der Waals surface area contributed by atoms with E-state index in [2.05, 4.69) is 10.1 Å². The van der Waals surface area contributed by atoms with Gasteiger partial charge in [-0.25, -0.2) is 4.98 Å². The highest BCUT2D eigenvalue weighted by molar-refractivity contribution is 7.99. The van der Waals surface area contributed by atoms with Gasteiger partial charge in [-0.2, -0.15) is 0 Å². The van der Waals surface area contributed by atoms with Gasteiger partial charge in [0.15, 0.2) is 12.1 Å². The number of hydrogen-bond donors (Lipinski definition) is 0. The second kappa shape index (κ2) is 3.92. The van der Waals surface area contributed by atoms with Crippen molar-refractivity contribution >= 4 is 23.5 Å². The second-order valence-corrected chi connectivity index (χ2v) is 3.54. The summed E-state index contributed by atoms with van der Waals surface area (Å²) in [5.41, 5.74) is 0. The molecular weight excluding hydrogens is 178 g/mol. The van der Waals surface area contributed by atoms with Crippen LogP contribution in [0.15, 0.2) is 16.4 Å². The molecule has 1 heterocycles.